The van der Waals surface area contributed by atoms with Gasteiger partial charge in [-0.15, -0.1) is 11.8 Å². The van der Waals surface area contributed by atoms with Crippen LogP contribution in [0.25, 0.3) is 0 Å². The third-order valence-electron chi connectivity index (χ3n) is 8.48. The topological polar surface area (TPSA) is 111 Å². The average molecular weight is 617 g/mol. The van der Waals surface area contributed by atoms with E-state index < -0.39 is 40.8 Å². The number of carbonyl (C=O) groups excluding carboxylic acids is 3. The molecule has 8 nitrogen and oxygen atoms in total. The second kappa shape index (κ2) is 14.3. The normalized spacial score (nSPS) is 17.8. The molecule has 1 saturated heterocycles. The Labute approximate surface area is 265 Å². The molecule has 0 spiro atoms. The number of rotatable bonds is 10. The first kappa shape index (κ1) is 33.1. The van der Waals surface area contributed by atoms with E-state index in [9.17, 15) is 19.5 Å². The number of amides is 4. The first-order valence-corrected chi connectivity index (χ1v) is 16.0. The predicted octanol–water partition coefficient (Wildman–Crippen LogP) is 4.94. The number of aliphatic hydroxyl groups is 1. The largest absolute Gasteiger partial charge is 0.381 e. The first-order chi connectivity index (χ1) is 20.9. The highest BCUT2D eigenvalue weighted by molar-refractivity contribution is 8.00. The zero-order valence-corrected chi connectivity index (χ0v) is 27.2. The summed E-state index contributed by atoms with van der Waals surface area (Å²) in [4.78, 5) is 42.2. The molecule has 1 heterocycles. The molecule has 3 aromatic carbocycles. The molecule has 0 radical (unpaired) electrons. The standard InChI is InChI=1S/C35H44N4O4S/c1-22-16-17-28(24(3)18-22)20-37-34(43)38-29(25(4)26-13-8-7-9-14-26)30(40)33(42)39-21-44-35(5,6)31(39)32(41)36-19-27-15-11-10-12-23(27)2/h7-18,25,29-31,40H,19-21H2,1-6H3,(H,36,41)(H2,37,38,43)/t25?,29?,30?,31-/m1/s1. The summed E-state index contributed by atoms with van der Waals surface area (Å²) in [6.45, 7) is 12.4. The summed E-state index contributed by atoms with van der Waals surface area (Å²) in [6, 6.07) is 21.1. The lowest BCUT2D eigenvalue weighted by Gasteiger charge is -2.35. The zero-order chi connectivity index (χ0) is 32.0. The van der Waals surface area contributed by atoms with Gasteiger partial charge in [-0.25, -0.2) is 4.79 Å². The molecule has 4 rings (SSSR count). The predicted molar refractivity (Wildman–Crippen MR) is 176 cm³/mol. The van der Waals surface area contributed by atoms with Crippen molar-refractivity contribution in [3.63, 3.8) is 0 Å². The van der Waals surface area contributed by atoms with Gasteiger partial charge in [-0.05, 0) is 62.4 Å². The monoisotopic (exact) mass is 616 g/mol. The van der Waals surface area contributed by atoms with E-state index in [1.165, 1.54) is 16.7 Å². The molecule has 4 amide bonds. The quantitative estimate of drug-likeness (QED) is 0.258. The van der Waals surface area contributed by atoms with Crippen LogP contribution in [-0.4, -0.2) is 56.7 Å². The number of thioether (sulfide) groups is 1. The van der Waals surface area contributed by atoms with Crippen molar-refractivity contribution in [3.8, 4) is 0 Å². The molecule has 1 aliphatic rings. The van der Waals surface area contributed by atoms with Gasteiger partial charge in [-0.3, -0.25) is 9.59 Å². The molecule has 3 aromatic rings. The Balaban J connectivity index is 1.52. The maximum absolute atomic E-state index is 14.0. The minimum atomic E-state index is -1.58. The zero-order valence-electron chi connectivity index (χ0n) is 26.4. The second-order valence-electron chi connectivity index (χ2n) is 12.2. The lowest BCUT2D eigenvalue weighted by Crippen LogP contribution is -2.59. The van der Waals surface area contributed by atoms with Crippen molar-refractivity contribution >= 4 is 29.6 Å². The summed E-state index contributed by atoms with van der Waals surface area (Å²) >= 11 is 1.49. The smallest absolute Gasteiger partial charge is 0.315 e. The van der Waals surface area contributed by atoms with Gasteiger partial charge in [-0.2, -0.15) is 0 Å². The lowest BCUT2D eigenvalue weighted by atomic mass is 9.88. The van der Waals surface area contributed by atoms with Crippen molar-refractivity contribution in [3.05, 3.63) is 106 Å². The van der Waals surface area contributed by atoms with Crippen LogP contribution < -0.4 is 16.0 Å². The number of aliphatic hydroxyl groups excluding tert-OH is 1. The molecule has 0 bridgehead atoms. The minimum absolute atomic E-state index is 0.247. The summed E-state index contributed by atoms with van der Waals surface area (Å²) in [5, 5.41) is 20.4. The van der Waals surface area contributed by atoms with E-state index in [1.807, 2.05) is 108 Å². The van der Waals surface area contributed by atoms with Gasteiger partial charge < -0.3 is 26.0 Å². The fourth-order valence-electron chi connectivity index (χ4n) is 5.69. The molecule has 0 saturated carbocycles. The molecule has 0 aromatic heterocycles. The van der Waals surface area contributed by atoms with Crippen LogP contribution in [0.15, 0.2) is 72.8 Å². The third-order valence-corrected chi connectivity index (χ3v) is 9.86. The van der Waals surface area contributed by atoms with Gasteiger partial charge in [0.2, 0.25) is 5.91 Å². The number of nitrogens with zero attached hydrogens (tertiary/aromatic N) is 1. The summed E-state index contributed by atoms with van der Waals surface area (Å²) < 4.78 is -0.581. The Morgan fingerprint density at radius 2 is 1.55 bits per heavy atom. The van der Waals surface area contributed by atoms with Gasteiger partial charge in [-0.1, -0.05) is 85.3 Å². The van der Waals surface area contributed by atoms with Gasteiger partial charge in [0.05, 0.1) is 11.9 Å². The minimum Gasteiger partial charge on any atom is -0.381 e. The molecule has 4 atom stereocenters. The highest BCUT2D eigenvalue weighted by Gasteiger charge is 2.50. The average Bonchev–Trinajstić information content (AvgIpc) is 3.32. The molecular formula is C35H44N4O4S. The number of nitrogens with one attached hydrogen (secondary N) is 3. The second-order valence-corrected chi connectivity index (χ2v) is 13.8. The maximum Gasteiger partial charge on any atom is 0.315 e. The molecule has 9 heteroatoms. The van der Waals surface area contributed by atoms with E-state index >= 15 is 0 Å². The van der Waals surface area contributed by atoms with Gasteiger partial charge >= 0.3 is 6.03 Å². The first-order valence-electron chi connectivity index (χ1n) is 15.0. The molecule has 234 valence electrons. The molecule has 1 aliphatic heterocycles. The van der Waals surface area contributed by atoms with Crippen LogP contribution in [0, 0.1) is 20.8 Å². The van der Waals surface area contributed by atoms with Crippen LogP contribution in [0.2, 0.25) is 0 Å². The number of hydrogen-bond acceptors (Lipinski definition) is 5. The van der Waals surface area contributed by atoms with E-state index in [0.29, 0.717) is 13.1 Å². The van der Waals surface area contributed by atoms with Crippen LogP contribution in [-0.2, 0) is 22.7 Å². The van der Waals surface area contributed by atoms with Crippen LogP contribution in [0.5, 0.6) is 0 Å². The Hall–Kier alpha value is -3.82. The van der Waals surface area contributed by atoms with E-state index in [2.05, 4.69) is 22.0 Å². The Morgan fingerprint density at radius 1 is 0.909 bits per heavy atom. The van der Waals surface area contributed by atoms with Crippen molar-refractivity contribution in [2.24, 2.45) is 0 Å². The highest BCUT2D eigenvalue weighted by atomic mass is 32.2. The van der Waals surface area contributed by atoms with E-state index in [0.717, 1.165) is 33.4 Å². The maximum atomic E-state index is 14.0. The Kier molecular flexibility index (Phi) is 10.8. The van der Waals surface area contributed by atoms with Crippen molar-refractivity contribution in [2.75, 3.05) is 5.88 Å². The number of aryl methyl sites for hydroxylation is 3. The summed E-state index contributed by atoms with van der Waals surface area (Å²) in [7, 11) is 0. The van der Waals surface area contributed by atoms with Gasteiger partial charge in [0.15, 0.2) is 6.10 Å². The van der Waals surface area contributed by atoms with E-state index in [4.69, 9.17) is 0 Å². The summed E-state index contributed by atoms with van der Waals surface area (Å²) in [5.41, 5.74) is 6.11. The highest BCUT2D eigenvalue weighted by Crippen LogP contribution is 2.40. The van der Waals surface area contributed by atoms with Crippen LogP contribution in [0.3, 0.4) is 0 Å². The SMILES string of the molecule is Cc1ccc(CNC(=O)NC(C(O)C(=O)N2CSC(C)(C)[C@H]2C(=O)NCc2ccccc2C)C(C)c2ccccc2)c(C)c1. The van der Waals surface area contributed by atoms with Crippen molar-refractivity contribution in [2.45, 2.75) is 83.5 Å². The Bertz CT molecular complexity index is 1480. The van der Waals surface area contributed by atoms with Crippen molar-refractivity contribution < 1.29 is 19.5 Å². The number of benzene rings is 3. The van der Waals surface area contributed by atoms with Gasteiger partial charge in [0, 0.05) is 23.8 Å². The van der Waals surface area contributed by atoms with E-state index in [-0.39, 0.29) is 11.8 Å². The van der Waals surface area contributed by atoms with E-state index in [1.54, 1.807) is 0 Å². The fourth-order valence-corrected chi connectivity index (χ4v) is 6.83. The summed E-state index contributed by atoms with van der Waals surface area (Å²) in [6.07, 6.45) is -1.58. The number of urea groups is 1. The fraction of sp³-hybridized carbons (Fsp3) is 0.400. The van der Waals surface area contributed by atoms with Crippen LogP contribution in [0.1, 0.15) is 60.1 Å². The number of carbonyl (C=O) groups is 3. The number of hydrogen-bond donors (Lipinski definition) is 4. The van der Waals surface area contributed by atoms with Crippen LogP contribution >= 0.6 is 11.8 Å². The molecule has 1 fully saturated rings. The third kappa shape index (κ3) is 7.81. The summed E-state index contributed by atoms with van der Waals surface area (Å²) in [5.74, 6) is -1.03. The molecule has 0 aliphatic carbocycles. The molecule has 3 unspecified atom stereocenters. The van der Waals surface area contributed by atoms with Crippen molar-refractivity contribution in [1.29, 1.82) is 0 Å². The van der Waals surface area contributed by atoms with Gasteiger partial charge in [0.1, 0.15) is 6.04 Å². The van der Waals surface area contributed by atoms with Crippen LogP contribution in [0.4, 0.5) is 4.79 Å². The molecular weight excluding hydrogens is 572 g/mol. The molecule has 4 N–H and O–H groups in total. The lowest BCUT2D eigenvalue weighted by molar-refractivity contribution is -0.147. The van der Waals surface area contributed by atoms with Crippen molar-refractivity contribution in [1.82, 2.24) is 20.9 Å². The van der Waals surface area contributed by atoms with Gasteiger partial charge in [0.25, 0.3) is 5.91 Å². The Morgan fingerprint density at radius 3 is 2.23 bits per heavy atom. The molecule has 44 heavy (non-hydrogen) atoms.